The van der Waals surface area contributed by atoms with Crippen molar-refractivity contribution in [2.24, 2.45) is 0 Å². The molecule has 1 aromatic heterocycles. The first kappa shape index (κ1) is 21.4. The standard InChI is InChI=1S/C23H25N5O4/c1-5-31-22(29)20-15(3)24-23-25-26-27-28(23)21(20)17-9-10-18(19(12-17)30-4)32-13-16-8-6-7-14(2)11-16/h6-12,21H,5,13H2,1-4H3,(H,24,25,27). The molecule has 0 saturated carbocycles. The molecule has 0 bridgehead atoms. The van der Waals surface area contributed by atoms with Gasteiger partial charge < -0.3 is 19.5 Å². The fraction of sp³-hybridized carbons (Fsp3) is 0.304. The molecule has 9 heteroatoms. The van der Waals surface area contributed by atoms with Crippen molar-refractivity contribution in [3.05, 3.63) is 70.4 Å². The number of ether oxygens (including phenoxy) is 3. The molecule has 0 aliphatic carbocycles. The van der Waals surface area contributed by atoms with Crippen molar-refractivity contribution in [1.82, 2.24) is 20.2 Å². The summed E-state index contributed by atoms with van der Waals surface area (Å²) in [5.41, 5.74) is 4.07. The van der Waals surface area contributed by atoms with Gasteiger partial charge in [-0.05, 0) is 54.5 Å². The quantitative estimate of drug-likeness (QED) is 0.564. The average molecular weight is 435 g/mol. The predicted octanol–water partition coefficient (Wildman–Crippen LogP) is 3.42. The lowest BCUT2D eigenvalue weighted by atomic mass is 9.95. The Kier molecular flexibility index (Phi) is 6.07. The summed E-state index contributed by atoms with van der Waals surface area (Å²) in [6.45, 7) is 6.29. The molecule has 1 unspecified atom stereocenters. The number of hydrogen-bond acceptors (Lipinski definition) is 8. The van der Waals surface area contributed by atoms with E-state index in [9.17, 15) is 4.79 Å². The van der Waals surface area contributed by atoms with Gasteiger partial charge in [0.25, 0.3) is 0 Å². The summed E-state index contributed by atoms with van der Waals surface area (Å²) >= 11 is 0. The van der Waals surface area contributed by atoms with Gasteiger partial charge >= 0.3 is 5.97 Å². The molecule has 0 spiro atoms. The van der Waals surface area contributed by atoms with E-state index in [4.69, 9.17) is 14.2 Å². The molecule has 1 aliphatic rings. The van der Waals surface area contributed by atoms with Crippen molar-refractivity contribution in [2.75, 3.05) is 19.0 Å². The van der Waals surface area contributed by atoms with Gasteiger partial charge in [0.15, 0.2) is 11.5 Å². The number of carbonyl (C=O) groups excluding carboxylic acids is 1. The van der Waals surface area contributed by atoms with Gasteiger partial charge in [-0.25, -0.2) is 4.79 Å². The number of esters is 1. The van der Waals surface area contributed by atoms with Crippen LogP contribution >= 0.6 is 0 Å². The molecule has 0 radical (unpaired) electrons. The molecule has 1 atom stereocenters. The van der Waals surface area contributed by atoms with E-state index in [0.29, 0.717) is 35.3 Å². The fourth-order valence-corrected chi connectivity index (χ4v) is 3.73. The minimum atomic E-state index is -0.569. The maximum absolute atomic E-state index is 12.8. The summed E-state index contributed by atoms with van der Waals surface area (Å²) in [5.74, 6) is 1.16. The first-order chi connectivity index (χ1) is 15.5. The molecule has 0 fully saturated rings. The van der Waals surface area contributed by atoms with E-state index < -0.39 is 12.0 Å². The number of hydrogen-bond donors (Lipinski definition) is 1. The number of carbonyl (C=O) groups is 1. The molecule has 2 aromatic carbocycles. The van der Waals surface area contributed by atoms with Crippen LogP contribution in [0.5, 0.6) is 11.5 Å². The molecule has 1 aliphatic heterocycles. The molecular weight excluding hydrogens is 410 g/mol. The SMILES string of the molecule is CCOC(=O)C1=C(C)Nc2nnnn2C1c1ccc(OCc2cccc(C)c2)c(OC)c1. The second-order valence-electron chi connectivity index (χ2n) is 7.42. The fourth-order valence-electron chi connectivity index (χ4n) is 3.73. The first-order valence-electron chi connectivity index (χ1n) is 10.3. The van der Waals surface area contributed by atoms with E-state index in [1.54, 1.807) is 25.6 Å². The van der Waals surface area contributed by atoms with E-state index in [2.05, 4.69) is 26.9 Å². The van der Waals surface area contributed by atoms with Gasteiger partial charge in [0, 0.05) is 5.70 Å². The molecular formula is C23H25N5O4. The number of anilines is 1. The van der Waals surface area contributed by atoms with Crippen LogP contribution in [-0.2, 0) is 16.1 Å². The Hall–Kier alpha value is -3.88. The third-order valence-electron chi connectivity index (χ3n) is 5.19. The summed E-state index contributed by atoms with van der Waals surface area (Å²) in [6.07, 6.45) is 0. The third-order valence-corrected chi connectivity index (χ3v) is 5.19. The molecule has 9 nitrogen and oxygen atoms in total. The van der Waals surface area contributed by atoms with E-state index in [1.807, 2.05) is 43.3 Å². The van der Waals surface area contributed by atoms with Crippen LogP contribution in [0.25, 0.3) is 0 Å². The number of aryl methyl sites for hydroxylation is 1. The maximum Gasteiger partial charge on any atom is 0.338 e. The van der Waals surface area contributed by atoms with Gasteiger partial charge in [0.2, 0.25) is 5.95 Å². The van der Waals surface area contributed by atoms with Crippen LogP contribution < -0.4 is 14.8 Å². The molecule has 0 amide bonds. The number of tetrazole rings is 1. The number of fused-ring (bicyclic) bond motifs is 1. The van der Waals surface area contributed by atoms with Crippen molar-refractivity contribution in [2.45, 2.75) is 33.4 Å². The Bertz CT molecular complexity index is 1170. The van der Waals surface area contributed by atoms with Crippen molar-refractivity contribution in [3.8, 4) is 11.5 Å². The highest BCUT2D eigenvalue weighted by atomic mass is 16.5. The number of nitrogens with zero attached hydrogens (tertiary/aromatic N) is 4. The number of methoxy groups -OCH3 is 1. The van der Waals surface area contributed by atoms with Crippen molar-refractivity contribution < 1.29 is 19.0 Å². The monoisotopic (exact) mass is 435 g/mol. The molecule has 3 aromatic rings. The summed E-state index contributed by atoms with van der Waals surface area (Å²) in [5, 5.41) is 14.9. The van der Waals surface area contributed by atoms with Crippen molar-refractivity contribution in [1.29, 1.82) is 0 Å². The molecule has 0 saturated heterocycles. The number of aromatic nitrogens is 4. The Morgan fingerprint density at radius 2 is 2.00 bits per heavy atom. The Labute approximate surface area is 186 Å². The van der Waals surface area contributed by atoms with Crippen LogP contribution in [0.15, 0.2) is 53.7 Å². The van der Waals surface area contributed by atoms with E-state index in [-0.39, 0.29) is 6.61 Å². The number of benzene rings is 2. The molecule has 2 heterocycles. The number of rotatable bonds is 7. The summed E-state index contributed by atoms with van der Waals surface area (Å²) in [4.78, 5) is 12.8. The summed E-state index contributed by atoms with van der Waals surface area (Å²) in [7, 11) is 1.58. The predicted molar refractivity (Wildman–Crippen MR) is 117 cm³/mol. The second kappa shape index (κ2) is 9.09. The summed E-state index contributed by atoms with van der Waals surface area (Å²) < 4.78 is 18.5. The zero-order valence-corrected chi connectivity index (χ0v) is 18.5. The topological polar surface area (TPSA) is 100 Å². The Morgan fingerprint density at radius 3 is 2.75 bits per heavy atom. The van der Waals surface area contributed by atoms with Gasteiger partial charge in [-0.2, -0.15) is 4.68 Å². The number of allylic oxidation sites excluding steroid dienone is 1. The highest BCUT2D eigenvalue weighted by Crippen LogP contribution is 2.38. The Balaban J connectivity index is 1.68. The lowest BCUT2D eigenvalue weighted by molar-refractivity contribution is -0.139. The third kappa shape index (κ3) is 4.14. The molecule has 1 N–H and O–H groups in total. The minimum absolute atomic E-state index is 0.264. The van der Waals surface area contributed by atoms with E-state index in [1.165, 1.54) is 5.56 Å². The largest absolute Gasteiger partial charge is 0.493 e. The zero-order chi connectivity index (χ0) is 22.7. The number of nitrogens with one attached hydrogen (secondary N) is 1. The van der Waals surface area contributed by atoms with Crippen LogP contribution in [0.1, 0.15) is 36.6 Å². The van der Waals surface area contributed by atoms with E-state index >= 15 is 0 Å². The second-order valence-corrected chi connectivity index (χ2v) is 7.42. The van der Waals surface area contributed by atoms with Crippen molar-refractivity contribution in [3.63, 3.8) is 0 Å². The van der Waals surface area contributed by atoms with Gasteiger partial charge in [0.1, 0.15) is 12.6 Å². The van der Waals surface area contributed by atoms with Crippen LogP contribution in [0.2, 0.25) is 0 Å². The van der Waals surface area contributed by atoms with E-state index in [0.717, 1.165) is 11.1 Å². The van der Waals surface area contributed by atoms with Crippen LogP contribution in [0.4, 0.5) is 5.95 Å². The van der Waals surface area contributed by atoms with Gasteiger partial charge in [-0.3, -0.25) is 0 Å². The smallest absolute Gasteiger partial charge is 0.338 e. The highest BCUT2D eigenvalue weighted by molar-refractivity contribution is 5.92. The Morgan fingerprint density at radius 1 is 1.16 bits per heavy atom. The molecule has 4 rings (SSSR count). The highest BCUT2D eigenvalue weighted by Gasteiger charge is 2.35. The van der Waals surface area contributed by atoms with Crippen LogP contribution in [0.3, 0.4) is 0 Å². The molecule has 166 valence electrons. The zero-order valence-electron chi connectivity index (χ0n) is 18.5. The first-order valence-corrected chi connectivity index (χ1v) is 10.3. The van der Waals surface area contributed by atoms with Gasteiger partial charge in [-0.1, -0.05) is 41.0 Å². The normalized spacial score (nSPS) is 15.1. The van der Waals surface area contributed by atoms with Crippen LogP contribution in [-0.4, -0.2) is 39.9 Å². The lowest BCUT2D eigenvalue weighted by Gasteiger charge is -2.27. The lowest BCUT2D eigenvalue weighted by Crippen LogP contribution is -2.29. The van der Waals surface area contributed by atoms with Gasteiger partial charge in [-0.15, -0.1) is 0 Å². The summed E-state index contributed by atoms with van der Waals surface area (Å²) in [6, 6.07) is 13.1. The maximum atomic E-state index is 12.8. The molecule has 32 heavy (non-hydrogen) atoms. The van der Waals surface area contributed by atoms with Crippen molar-refractivity contribution >= 4 is 11.9 Å². The van der Waals surface area contributed by atoms with Crippen LogP contribution in [0, 0.1) is 6.92 Å². The average Bonchev–Trinajstić information content (AvgIpc) is 3.25. The van der Waals surface area contributed by atoms with Gasteiger partial charge in [0.05, 0.1) is 19.3 Å². The minimum Gasteiger partial charge on any atom is -0.493 e.